The third-order valence-electron chi connectivity index (χ3n) is 7.48. The molecule has 2 aliphatic rings. The number of aromatic nitrogens is 1. The Bertz CT molecular complexity index is 1300. The first-order valence-corrected chi connectivity index (χ1v) is 12.8. The molecule has 5 heteroatoms. The molecule has 1 aliphatic carbocycles. The lowest BCUT2D eigenvalue weighted by atomic mass is 9.69. The van der Waals surface area contributed by atoms with Gasteiger partial charge in [-0.1, -0.05) is 48.5 Å². The number of phenolic OH excluding ortho intramolecular Hbond substituents is 1. The number of anilines is 1. The number of pyridine rings is 1. The van der Waals surface area contributed by atoms with Crippen LogP contribution in [-0.4, -0.2) is 36.3 Å². The highest BCUT2D eigenvalue weighted by molar-refractivity contribution is 5.49. The Morgan fingerprint density at radius 1 is 0.861 bits per heavy atom. The van der Waals surface area contributed by atoms with Crippen LogP contribution in [-0.2, 0) is 6.42 Å². The van der Waals surface area contributed by atoms with E-state index in [2.05, 4.69) is 69.8 Å². The van der Waals surface area contributed by atoms with Gasteiger partial charge in [0.2, 0.25) is 5.88 Å². The lowest BCUT2D eigenvalue weighted by Crippen LogP contribution is -2.43. The quantitative estimate of drug-likeness (QED) is 0.378. The summed E-state index contributed by atoms with van der Waals surface area (Å²) < 4.78 is 6.08. The van der Waals surface area contributed by atoms with Gasteiger partial charge in [-0.25, -0.2) is 4.98 Å². The van der Waals surface area contributed by atoms with Gasteiger partial charge in [0.15, 0.2) is 0 Å². The number of aromatic hydroxyl groups is 1. The molecule has 2 heterocycles. The van der Waals surface area contributed by atoms with Crippen LogP contribution in [0.3, 0.4) is 0 Å². The zero-order valence-electron chi connectivity index (χ0n) is 20.3. The number of rotatable bonds is 5. The van der Waals surface area contributed by atoms with Crippen molar-refractivity contribution in [2.75, 3.05) is 31.1 Å². The summed E-state index contributed by atoms with van der Waals surface area (Å²) in [7, 11) is 0. The number of hydrogen-bond donors (Lipinski definition) is 2. The number of benzene rings is 3. The van der Waals surface area contributed by atoms with Gasteiger partial charge in [-0.2, -0.15) is 0 Å². The van der Waals surface area contributed by atoms with Gasteiger partial charge in [-0.05, 0) is 71.3 Å². The van der Waals surface area contributed by atoms with E-state index < -0.39 is 0 Å². The smallest absolute Gasteiger partial charge is 0.219 e. The second kappa shape index (κ2) is 10.0. The van der Waals surface area contributed by atoms with Gasteiger partial charge in [0.1, 0.15) is 11.5 Å². The summed E-state index contributed by atoms with van der Waals surface area (Å²) >= 11 is 0. The van der Waals surface area contributed by atoms with Crippen molar-refractivity contribution in [2.24, 2.45) is 0 Å². The molecule has 0 bridgehead atoms. The minimum absolute atomic E-state index is 0.224. The molecule has 1 aliphatic heterocycles. The van der Waals surface area contributed by atoms with Gasteiger partial charge < -0.3 is 20.1 Å². The molecule has 0 radical (unpaired) electrons. The molecule has 1 saturated heterocycles. The minimum Gasteiger partial charge on any atom is -0.508 e. The fourth-order valence-electron chi connectivity index (χ4n) is 5.68. The topological polar surface area (TPSA) is 57.6 Å². The van der Waals surface area contributed by atoms with Crippen LogP contribution in [0.1, 0.15) is 40.5 Å². The molecule has 1 aromatic heterocycles. The average molecular weight is 478 g/mol. The van der Waals surface area contributed by atoms with Crippen molar-refractivity contribution in [3.05, 3.63) is 113 Å². The second-order valence-corrected chi connectivity index (χ2v) is 9.68. The van der Waals surface area contributed by atoms with Crippen molar-refractivity contribution in [1.29, 1.82) is 0 Å². The number of nitrogens with zero attached hydrogens (tertiary/aromatic N) is 2. The van der Waals surface area contributed by atoms with Gasteiger partial charge >= 0.3 is 0 Å². The largest absolute Gasteiger partial charge is 0.508 e. The zero-order valence-corrected chi connectivity index (χ0v) is 20.3. The lowest BCUT2D eigenvalue weighted by molar-refractivity contribution is 0.461. The van der Waals surface area contributed by atoms with Crippen molar-refractivity contribution in [1.82, 2.24) is 10.3 Å². The summed E-state index contributed by atoms with van der Waals surface area (Å²) in [5, 5.41) is 13.4. The van der Waals surface area contributed by atoms with E-state index in [1.54, 1.807) is 0 Å². The van der Waals surface area contributed by atoms with Crippen LogP contribution in [0.2, 0.25) is 0 Å². The van der Waals surface area contributed by atoms with E-state index in [9.17, 15) is 5.11 Å². The molecule has 3 aromatic carbocycles. The number of hydrogen-bond acceptors (Lipinski definition) is 5. The standard InChI is InChI=1S/C31H31N3O2/c35-26-10-14-29-24(20-26)8-13-28(22-4-2-1-3-5-22)31(29)23-6-11-27(12-7-23)36-30-15-9-25(21-33-30)34-18-16-32-17-19-34/h1-7,9-12,14-15,20-21,28,31-32,35H,8,13,16-19H2/t28?,31-/m0/s1. The highest BCUT2D eigenvalue weighted by atomic mass is 16.5. The first-order chi connectivity index (χ1) is 17.7. The van der Waals surface area contributed by atoms with Crippen LogP contribution in [0, 0.1) is 0 Å². The molecule has 6 rings (SSSR count). The number of ether oxygens (including phenoxy) is 1. The molecule has 0 saturated carbocycles. The Balaban J connectivity index is 1.24. The first kappa shape index (κ1) is 22.6. The highest BCUT2D eigenvalue weighted by Gasteiger charge is 2.32. The zero-order chi connectivity index (χ0) is 24.3. The predicted molar refractivity (Wildman–Crippen MR) is 143 cm³/mol. The molecule has 5 nitrogen and oxygen atoms in total. The molecule has 36 heavy (non-hydrogen) atoms. The van der Waals surface area contributed by atoms with Crippen molar-refractivity contribution in [3.8, 4) is 17.4 Å². The highest BCUT2D eigenvalue weighted by Crippen LogP contribution is 2.47. The fourth-order valence-corrected chi connectivity index (χ4v) is 5.68. The maximum Gasteiger partial charge on any atom is 0.219 e. The van der Waals surface area contributed by atoms with Crippen LogP contribution in [0.4, 0.5) is 5.69 Å². The molecule has 2 atom stereocenters. The van der Waals surface area contributed by atoms with Crippen molar-refractivity contribution in [3.63, 3.8) is 0 Å². The number of piperazine rings is 1. The van der Waals surface area contributed by atoms with Gasteiger partial charge in [0, 0.05) is 38.2 Å². The van der Waals surface area contributed by atoms with E-state index in [1.165, 1.54) is 22.3 Å². The van der Waals surface area contributed by atoms with Crippen molar-refractivity contribution >= 4 is 5.69 Å². The summed E-state index contributed by atoms with van der Waals surface area (Å²) in [4.78, 5) is 6.88. The third-order valence-corrected chi connectivity index (χ3v) is 7.48. The Morgan fingerprint density at radius 3 is 2.42 bits per heavy atom. The molecule has 0 spiro atoms. The van der Waals surface area contributed by atoms with Crippen LogP contribution >= 0.6 is 0 Å². The Labute approximate surface area is 212 Å². The lowest BCUT2D eigenvalue weighted by Gasteiger charge is -2.34. The Hall–Kier alpha value is -3.83. The normalized spacial score (nSPS) is 19.5. The molecule has 1 fully saturated rings. The Kier molecular flexibility index (Phi) is 6.31. The van der Waals surface area contributed by atoms with E-state index in [-0.39, 0.29) is 5.92 Å². The van der Waals surface area contributed by atoms with Gasteiger partial charge in [-0.3, -0.25) is 0 Å². The summed E-state index contributed by atoms with van der Waals surface area (Å²) in [5.41, 5.74) is 6.28. The second-order valence-electron chi connectivity index (χ2n) is 9.68. The SMILES string of the molecule is Oc1ccc2c(c1)CCC(c1ccccc1)[C@@H]2c1ccc(Oc2ccc(N3CCNCC3)cn2)cc1. The molecule has 182 valence electrons. The predicted octanol–water partition coefficient (Wildman–Crippen LogP) is 5.85. The maximum absolute atomic E-state index is 10.1. The first-order valence-electron chi connectivity index (χ1n) is 12.8. The van der Waals surface area contributed by atoms with Crippen LogP contribution in [0.15, 0.2) is 91.1 Å². The summed E-state index contributed by atoms with van der Waals surface area (Å²) in [6.45, 7) is 4.00. The van der Waals surface area contributed by atoms with E-state index in [0.717, 1.165) is 50.5 Å². The molecule has 1 unspecified atom stereocenters. The van der Waals surface area contributed by atoms with Gasteiger partial charge in [0.05, 0.1) is 11.9 Å². The Morgan fingerprint density at radius 2 is 1.67 bits per heavy atom. The number of nitrogens with one attached hydrogen (secondary N) is 1. The van der Waals surface area contributed by atoms with E-state index >= 15 is 0 Å². The monoisotopic (exact) mass is 477 g/mol. The number of aryl methyl sites for hydroxylation is 1. The van der Waals surface area contributed by atoms with E-state index in [4.69, 9.17) is 4.74 Å². The minimum atomic E-state index is 0.224. The van der Waals surface area contributed by atoms with Gasteiger partial charge in [-0.15, -0.1) is 0 Å². The number of fused-ring (bicyclic) bond motifs is 1. The maximum atomic E-state index is 10.1. The molecule has 2 N–H and O–H groups in total. The molecule has 4 aromatic rings. The number of phenols is 1. The fraction of sp³-hybridized carbons (Fsp3) is 0.258. The van der Waals surface area contributed by atoms with E-state index in [0.29, 0.717) is 17.5 Å². The van der Waals surface area contributed by atoms with Crippen LogP contribution < -0.4 is 15.0 Å². The van der Waals surface area contributed by atoms with E-state index in [1.807, 2.05) is 36.5 Å². The van der Waals surface area contributed by atoms with Gasteiger partial charge in [0.25, 0.3) is 0 Å². The summed E-state index contributed by atoms with van der Waals surface area (Å²) in [5.74, 6) is 2.32. The van der Waals surface area contributed by atoms with Crippen molar-refractivity contribution < 1.29 is 9.84 Å². The van der Waals surface area contributed by atoms with Crippen LogP contribution in [0.25, 0.3) is 0 Å². The average Bonchev–Trinajstić information content (AvgIpc) is 2.94. The van der Waals surface area contributed by atoms with Crippen LogP contribution in [0.5, 0.6) is 17.4 Å². The molecule has 0 amide bonds. The summed E-state index contributed by atoms with van der Waals surface area (Å²) in [6, 6.07) is 29.1. The van der Waals surface area contributed by atoms with Crippen molar-refractivity contribution in [2.45, 2.75) is 24.7 Å². The molecular weight excluding hydrogens is 446 g/mol. The molecular formula is C31H31N3O2. The summed E-state index contributed by atoms with van der Waals surface area (Å²) in [6.07, 6.45) is 3.91. The third kappa shape index (κ3) is 4.67.